The molecule has 0 aromatic rings. The summed E-state index contributed by atoms with van der Waals surface area (Å²) in [6.07, 6.45) is 5.48. The first kappa shape index (κ1) is 14.5. The van der Waals surface area contributed by atoms with Crippen molar-refractivity contribution >= 4 is 5.91 Å². The van der Waals surface area contributed by atoms with Crippen LogP contribution in [0.4, 0.5) is 0 Å². The molecule has 0 aromatic heterocycles. The van der Waals surface area contributed by atoms with Crippen molar-refractivity contribution in [3.05, 3.63) is 0 Å². The Morgan fingerprint density at radius 1 is 1.41 bits per heavy atom. The highest BCUT2D eigenvalue weighted by Gasteiger charge is 2.29. The van der Waals surface area contributed by atoms with Crippen molar-refractivity contribution in [2.45, 2.75) is 58.9 Å². The minimum atomic E-state index is -0.0427. The second-order valence-electron chi connectivity index (χ2n) is 5.87. The molecular formula is C13H27N3O. The zero-order valence-electron chi connectivity index (χ0n) is 11.5. The fourth-order valence-corrected chi connectivity index (χ4v) is 2.60. The molecule has 4 heteroatoms. The molecule has 0 aromatic carbocycles. The lowest BCUT2D eigenvalue weighted by Crippen LogP contribution is -2.49. The van der Waals surface area contributed by atoms with Crippen LogP contribution in [0.15, 0.2) is 0 Å². The number of hydrogen-bond donors (Lipinski definition) is 2. The van der Waals surface area contributed by atoms with Crippen LogP contribution < -0.4 is 11.3 Å². The first-order valence-corrected chi connectivity index (χ1v) is 6.74. The topological polar surface area (TPSA) is 58.4 Å². The predicted octanol–water partition coefficient (Wildman–Crippen LogP) is 1.66. The number of carbonyl (C=O) groups is 1. The van der Waals surface area contributed by atoms with Crippen molar-refractivity contribution in [2.24, 2.45) is 11.3 Å². The van der Waals surface area contributed by atoms with Crippen LogP contribution in [0, 0.1) is 5.41 Å². The van der Waals surface area contributed by atoms with Gasteiger partial charge in [0, 0.05) is 0 Å². The van der Waals surface area contributed by atoms with Crippen molar-refractivity contribution in [1.29, 1.82) is 0 Å². The van der Waals surface area contributed by atoms with Crippen LogP contribution in [0.1, 0.15) is 52.9 Å². The molecule has 1 amide bonds. The maximum absolute atomic E-state index is 11.8. The SMILES string of the molecule is CCCC(C(=O)NN)N1CCCC(C)(C)CC1. The predicted molar refractivity (Wildman–Crippen MR) is 70.2 cm³/mol. The molecule has 1 rings (SSSR count). The third kappa shape index (κ3) is 4.28. The summed E-state index contributed by atoms with van der Waals surface area (Å²) < 4.78 is 0. The summed E-state index contributed by atoms with van der Waals surface area (Å²) in [6.45, 7) is 8.76. The number of hydrazine groups is 1. The molecule has 3 N–H and O–H groups in total. The number of amides is 1. The molecule has 1 atom stereocenters. The average molecular weight is 241 g/mol. The van der Waals surface area contributed by atoms with Gasteiger partial charge in [0.25, 0.3) is 5.91 Å². The quantitative estimate of drug-likeness (QED) is 0.447. The normalized spacial score (nSPS) is 22.8. The highest BCUT2D eigenvalue weighted by molar-refractivity contribution is 5.81. The molecule has 1 saturated heterocycles. The maximum Gasteiger partial charge on any atom is 0.251 e. The number of nitrogens with one attached hydrogen (secondary N) is 1. The van der Waals surface area contributed by atoms with Gasteiger partial charge in [0.15, 0.2) is 0 Å². The van der Waals surface area contributed by atoms with E-state index in [1.54, 1.807) is 0 Å². The standard InChI is InChI=1S/C13H27N3O/c1-4-6-11(12(17)15-14)16-9-5-7-13(2,3)8-10-16/h11H,4-10,14H2,1-3H3,(H,15,17). The van der Waals surface area contributed by atoms with Gasteiger partial charge in [-0.25, -0.2) is 5.84 Å². The second-order valence-corrected chi connectivity index (χ2v) is 5.87. The van der Waals surface area contributed by atoms with E-state index in [4.69, 9.17) is 5.84 Å². The van der Waals surface area contributed by atoms with Crippen LogP contribution >= 0.6 is 0 Å². The van der Waals surface area contributed by atoms with Crippen LogP contribution in [0.5, 0.6) is 0 Å². The Bertz CT molecular complexity index is 253. The van der Waals surface area contributed by atoms with E-state index < -0.39 is 0 Å². The lowest BCUT2D eigenvalue weighted by Gasteiger charge is -2.29. The van der Waals surface area contributed by atoms with Gasteiger partial charge in [0.1, 0.15) is 0 Å². The van der Waals surface area contributed by atoms with Crippen LogP contribution in [0.2, 0.25) is 0 Å². The van der Waals surface area contributed by atoms with Crippen molar-refractivity contribution in [3.63, 3.8) is 0 Å². The highest BCUT2D eigenvalue weighted by atomic mass is 16.2. The minimum absolute atomic E-state index is 0.0356. The van der Waals surface area contributed by atoms with Gasteiger partial charge in [0.2, 0.25) is 0 Å². The van der Waals surface area contributed by atoms with Gasteiger partial charge in [-0.15, -0.1) is 0 Å². The zero-order valence-corrected chi connectivity index (χ0v) is 11.5. The van der Waals surface area contributed by atoms with E-state index in [-0.39, 0.29) is 11.9 Å². The van der Waals surface area contributed by atoms with Gasteiger partial charge in [-0.3, -0.25) is 15.1 Å². The molecule has 17 heavy (non-hydrogen) atoms. The first-order valence-electron chi connectivity index (χ1n) is 6.74. The Morgan fingerprint density at radius 2 is 2.12 bits per heavy atom. The fraction of sp³-hybridized carbons (Fsp3) is 0.923. The molecule has 0 radical (unpaired) electrons. The summed E-state index contributed by atoms with van der Waals surface area (Å²) in [6, 6.07) is -0.0427. The summed E-state index contributed by atoms with van der Waals surface area (Å²) in [4.78, 5) is 14.1. The molecular weight excluding hydrogens is 214 g/mol. The molecule has 1 aliphatic rings. The number of rotatable bonds is 4. The third-order valence-electron chi connectivity index (χ3n) is 3.82. The van der Waals surface area contributed by atoms with Crippen LogP contribution in [-0.2, 0) is 4.79 Å². The third-order valence-corrected chi connectivity index (χ3v) is 3.82. The van der Waals surface area contributed by atoms with Gasteiger partial charge in [0.05, 0.1) is 6.04 Å². The van der Waals surface area contributed by atoms with E-state index in [0.29, 0.717) is 5.41 Å². The summed E-state index contributed by atoms with van der Waals surface area (Å²) in [5.74, 6) is 5.24. The Hall–Kier alpha value is -0.610. The van der Waals surface area contributed by atoms with Gasteiger partial charge in [-0.05, 0) is 44.2 Å². The molecule has 1 unspecified atom stereocenters. The van der Waals surface area contributed by atoms with Gasteiger partial charge < -0.3 is 0 Å². The number of nitrogens with two attached hydrogens (primary N) is 1. The Balaban J connectivity index is 2.64. The molecule has 0 spiro atoms. The minimum Gasteiger partial charge on any atom is -0.293 e. The fourth-order valence-electron chi connectivity index (χ4n) is 2.60. The van der Waals surface area contributed by atoms with Crippen LogP contribution in [0.25, 0.3) is 0 Å². The van der Waals surface area contributed by atoms with Crippen molar-refractivity contribution in [2.75, 3.05) is 13.1 Å². The van der Waals surface area contributed by atoms with Crippen molar-refractivity contribution < 1.29 is 4.79 Å². The smallest absolute Gasteiger partial charge is 0.251 e. The molecule has 0 bridgehead atoms. The summed E-state index contributed by atoms with van der Waals surface area (Å²) >= 11 is 0. The van der Waals surface area contributed by atoms with Crippen molar-refractivity contribution in [1.82, 2.24) is 10.3 Å². The molecule has 100 valence electrons. The lowest BCUT2D eigenvalue weighted by atomic mass is 9.85. The first-order chi connectivity index (χ1) is 8.00. The van der Waals surface area contributed by atoms with Gasteiger partial charge in [-0.1, -0.05) is 27.2 Å². The van der Waals surface area contributed by atoms with E-state index in [2.05, 4.69) is 31.1 Å². The lowest BCUT2D eigenvalue weighted by molar-refractivity contribution is -0.126. The van der Waals surface area contributed by atoms with Crippen molar-refractivity contribution in [3.8, 4) is 0 Å². The second kappa shape index (κ2) is 6.36. The molecule has 1 fully saturated rings. The Kier molecular flexibility index (Phi) is 5.40. The molecule has 0 saturated carbocycles. The molecule has 4 nitrogen and oxygen atoms in total. The van der Waals surface area contributed by atoms with E-state index in [0.717, 1.165) is 32.4 Å². The number of nitrogens with zero attached hydrogens (tertiary/aromatic N) is 1. The Morgan fingerprint density at radius 3 is 2.71 bits per heavy atom. The summed E-state index contributed by atoms with van der Waals surface area (Å²) in [5.41, 5.74) is 2.72. The molecule has 1 aliphatic heterocycles. The number of likely N-dealkylation sites (tertiary alicyclic amines) is 1. The molecule has 0 aliphatic carbocycles. The van der Waals surface area contributed by atoms with E-state index in [1.165, 1.54) is 12.8 Å². The van der Waals surface area contributed by atoms with E-state index >= 15 is 0 Å². The van der Waals surface area contributed by atoms with Gasteiger partial charge >= 0.3 is 0 Å². The largest absolute Gasteiger partial charge is 0.293 e. The Labute approximate surface area is 105 Å². The van der Waals surface area contributed by atoms with E-state index in [1.807, 2.05) is 0 Å². The van der Waals surface area contributed by atoms with E-state index in [9.17, 15) is 4.79 Å². The average Bonchev–Trinajstić information content (AvgIpc) is 2.46. The summed E-state index contributed by atoms with van der Waals surface area (Å²) in [7, 11) is 0. The highest BCUT2D eigenvalue weighted by Crippen LogP contribution is 2.30. The van der Waals surface area contributed by atoms with Gasteiger partial charge in [-0.2, -0.15) is 0 Å². The van der Waals surface area contributed by atoms with Crippen LogP contribution in [0.3, 0.4) is 0 Å². The number of hydrogen-bond acceptors (Lipinski definition) is 3. The summed E-state index contributed by atoms with van der Waals surface area (Å²) in [5, 5.41) is 0. The van der Waals surface area contributed by atoms with Crippen LogP contribution in [-0.4, -0.2) is 29.9 Å². The molecule has 1 heterocycles. The monoisotopic (exact) mass is 241 g/mol. The maximum atomic E-state index is 11.8. The zero-order chi connectivity index (χ0) is 12.9. The number of carbonyl (C=O) groups excluding carboxylic acids is 1.